The SMILES string of the molecule is CC(=O)OC1CCC2(C)C(=CCC3C2CCC2(C)C(C(C)C/C=C(\F)C(C)=O)CCC32)C1. The summed E-state index contributed by atoms with van der Waals surface area (Å²) in [4.78, 5) is 22.7. The maximum Gasteiger partial charge on any atom is 0.302 e. The van der Waals surface area contributed by atoms with Gasteiger partial charge in [0.1, 0.15) is 6.10 Å². The molecule has 0 heterocycles. The van der Waals surface area contributed by atoms with E-state index in [1.807, 2.05) is 0 Å². The van der Waals surface area contributed by atoms with E-state index in [1.54, 1.807) is 0 Å². The van der Waals surface area contributed by atoms with Crippen LogP contribution in [0.1, 0.15) is 92.4 Å². The number of halogens is 1. The quantitative estimate of drug-likeness (QED) is 0.261. The highest BCUT2D eigenvalue weighted by Gasteiger charge is 2.59. The third kappa shape index (κ3) is 4.01. The summed E-state index contributed by atoms with van der Waals surface area (Å²) in [6.07, 6.45) is 13.9. The maximum atomic E-state index is 13.8. The summed E-state index contributed by atoms with van der Waals surface area (Å²) in [6, 6.07) is 0. The second kappa shape index (κ2) is 8.72. The monoisotopic (exact) mass is 444 g/mol. The topological polar surface area (TPSA) is 43.4 Å². The van der Waals surface area contributed by atoms with Crippen LogP contribution in [-0.2, 0) is 14.3 Å². The Balaban J connectivity index is 1.50. The van der Waals surface area contributed by atoms with Crippen LogP contribution < -0.4 is 0 Å². The largest absolute Gasteiger partial charge is 0.462 e. The number of ketones is 1. The van der Waals surface area contributed by atoms with Crippen LogP contribution in [-0.4, -0.2) is 17.9 Å². The number of carbonyl (C=O) groups is 2. The molecule has 0 spiro atoms. The molecule has 3 nitrogen and oxygen atoms in total. The lowest BCUT2D eigenvalue weighted by Crippen LogP contribution is -2.51. The Morgan fingerprint density at radius 1 is 1.16 bits per heavy atom. The van der Waals surface area contributed by atoms with Crippen molar-refractivity contribution in [1.82, 2.24) is 0 Å². The minimum Gasteiger partial charge on any atom is -0.462 e. The zero-order valence-corrected chi connectivity index (χ0v) is 20.6. The first-order chi connectivity index (χ1) is 15.1. The van der Waals surface area contributed by atoms with Crippen molar-refractivity contribution >= 4 is 11.8 Å². The molecule has 8 unspecified atom stereocenters. The Morgan fingerprint density at radius 2 is 1.91 bits per heavy atom. The number of rotatable bonds is 5. The molecule has 0 aliphatic heterocycles. The van der Waals surface area contributed by atoms with Crippen LogP contribution in [0, 0.1) is 40.4 Å². The smallest absolute Gasteiger partial charge is 0.302 e. The molecule has 4 aliphatic carbocycles. The highest BCUT2D eigenvalue weighted by atomic mass is 19.1. The van der Waals surface area contributed by atoms with Gasteiger partial charge in [-0.3, -0.25) is 9.59 Å². The molecular formula is C28H41FO3. The Labute approximate surface area is 193 Å². The summed E-state index contributed by atoms with van der Waals surface area (Å²) in [5.74, 6) is 1.98. The highest BCUT2D eigenvalue weighted by Crippen LogP contribution is 2.67. The van der Waals surface area contributed by atoms with E-state index in [2.05, 4.69) is 26.8 Å². The molecule has 0 bridgehead atoms. The number of carbonyl (C=O) groups excluding carboxylic acids is 2. The van der Waals surface area contributed by atoms with Crippen molar-refractivity contribution < 1.29 is 18.7 Å². The van der Waals surface area contributed by atoms with Crippen LogP contribution in [0.5, 0.6) is 0 Å². The van der Waals surface area contributed by atoms with Gasteiger partial charge in [0, 0.05) is 20.3 Å². The van der Waals surface area contributed by atoms with E-state index in [1.165, 1.54) is 51.2 Å². The van der Waals surface area contributed by atoms with Crippen LogP contribution in [0.15, 0.2) is 23.6 Å². The molecule has 0 aromatic carbocycles. The number of esters is 1. The number of Topliss-reactive ketones (excluding diaryl/α,β-unsaturated/α-hetero) is 1. The molecule has 8 atom stereocenters. The number of ether oxygens (including phenoxy) is 1. The van der Waals surface area contributed by atoms with E-state index in [0.717, 1.165) is 43.4 Å². The van der Waals surface area contributed by atoms with E-state index in [9.17, 15) is 14.0 Å². The molecule has 4 heteroatoms. The van der Waals surface area contributed by atoms with Crippen molar-refractivity contribution in [2.75, 3.05) is 0 Å². The lowest BCUT2D eigenvalue weighted by molar-refractivity contribution is -0.148. The highest BCUT2D eigenvalue weighted by molar-refractivity contribution is 5.90. The first kappa shape index (κ1) is 23.7. The van der Waals surface area contributed by atoms with Gasteiger partial charge in [0.15, 0.2) is 11.6 Å². The van der Waals surface area contributed by atoms with E-state index >= 15 is 0 Å². The fraction of sp³-hybridized carbons (Fsp3) is 0.786. The zero-order chi connectivity index (χ0) is 23.3. The second-order valence-electron chi connectivity index (χ2n) is 11.8. The van der Waals surface area contributed by atoms with Crippen molar-refractivity contribution in [3.05, 3.63) is 23.6 Å². The zero-order valence-electron chi connectivity index (χ0n) is 20.6. The number of hydrogen-bond acceptors (Lipinski definition) is 3. The van der Waals surface area contributed by atoms with E-state index < -0.39 is 11.6 Å². The molecule has 0 N–H and O–H groups in total. The Hall–Kier alpha value is -1.45. The number of allylic oxidation sites excluding steroid dienone is 3. The third-order valence-electron chi connectivity index (χ3n) is 10.2. The molecule has 178 valence electrons. The van der Waals surface area contributed by atoms with Gasteiger partial charge in [0.25, 0.3) is 0 Å². The fourth-order valence-electron chi connectivity index (χ4n) is 8.54. The van der Waals surface area contributed by atoms with Gasteiger partial charge in [-0.15, -0.1) is 0 Å². The standard InChI is InChI=1S/C28H41FO3/c1-17(6-11-26(29)18(2)30)23-9-10-24-22-8-7-20-16-21(32-19(3)31)12-14-27(20,4)25(22)13-15-28(23,24)5/h7,11,17,21-25H,6,8-10,12-16H2,1-5H3/b26-11-. The first-order valence-electron chi connectivity index (χ1n) is 12.8. The van der Waals surface area contributed by atoms with Gasteiger partial charge in [-0.25, -0.2) is 4.39 Å². The van der Waals surface area contributed by atoms with E-state index in [0.29, 0.717) is 23.7 Å². The van der Waals surface area contributed by atoms with E-state index in [-0.39, 0.29) is 17.5 Å². The average Bonchev–Trinajstić information content (AvgIpc) is 3.08. The Morgan fingerprint density at radius 3 is 2.59 bits per heavy atom. The van der Waals surface area contributed by atoms with Crippen LogP contribution in [0.3, 0.4) is 0 Å². The third-order valence-corrected chi connectivity index (χ3v) is 10.2. The maximum absolute atomic E-state index is 13.8. The summed E-state index contributed by atoms with van der Waals surface area (Å²) in [7, 11) is 0. The molecule has 3 fully saturated rings. The van der Waals surface area contributed by atoms with Crippen molar-refractivity contribution in [2.45, 2.75) is 98.5 Å². The summed E-state index contributed by atoms with van der Waals surface area (Å²) in [5.41, 5.74) is 2.10. The van der Waals surface area contributed by atoms with Crippen LogP contribution in [0.4, 0.5) is 4.39 Å². The molecule has 3 saturated carbocycles. The number of hydrogen-bond donors (Lipinski definition) is 0. The first-order valence-corrected chi connectivity index (χ1v) is 12.8. The van der Waals surface area contributed by atoms with Gasteiger partial charge in [0.05, 0.1) is 0 Å². The lowest BCUT2D eigenvalue weighted by atomic mass is 9.47. The molecule has 0 aromatic heterocycles. The van der Waals surface area contributed by atoms with Crippen LogP contribution >= 0.6 is 0 Å². The molecule has 4 rings (SSSR count). The Kier molecular flexibility index (Phi) is 6.46. The minimum atomic E-state index is -0.581. The average molecular weight is 445 g/mol. The molecular weight excluding hydrogens is 403 g/mol. The van der Waals surface area contributed by atoms with Gasteiger partial charge in [-0.05, 0) is 97.9 Å². The summed E-state index contributed by atoms with van der Waals surface area (Å²) in [6.45, 7) is 10.1. The van der Waals surface area contributed by atoms with Crippen LogP contribution in [0.25, 0.3) is 0 Å². The van der Waals surface area contributed by atoms with Gasteiger partial charge < -0.3 is 4.74 Å². The second-order valence-corrected chi connectivity index (χ2v) is 11.8. The summed E-state index contributed by atoms with van der Waals surface area (Å²) >= 11 is 0. The molecule has 0 saturated heterocycles. The normalized spacial score (nSPS) is 42.2. The molecule has 0 radical (unpaired) electrons. The van der Waals surface area contributed by atoms with Gasteiger partial charge in [0.2, 0.25) is 0 Å². The minimum absolute atomic E-state index is 0.0531. The Bertz CT molecular complexity index is 829. The lowest BCUT2D eigenvalue weighted by Gasteiger charge is -2.58. The number of fused-ring (bicyclic) bond motifs is 5. The molecule has 4 aliphatic rings. The van der Waals surface area contributed by atoms with Crippen LogP contribution in [0.2, 0.25) is 0 Å². The van der Waals surface area contributed by atoms with Gasteiger partial charge >= 0.3 is 5.97 Å². The molecule has 32 heavy (non-hydrogen) atoms. The van der Waals surface area contributed by atoms with Gasteiger partial charge in [-0.2, -0.15) is 0 Å². The van der Waals surface area contributed by atoms with Gasteiger partial charge in [-0.1, -0.05) is 32.4 Å². The molecule has 0 amide bonds. The molecule has 0 aromatic rings. The predicted molar refractivity (Wildman–Crippen MR) is 124 cm³/mol. The fourth-order valence-corrected chi connectivity index (χ4v) is 8.54. The van der Waals surface area contributed by atoms with Crippen molar-refractivity contribution in [1.29, 1.82) is 0 Å². The van der Waals surface area contributed by atoms with Crippen molar-refractivity contribution in [2.24, 2.45) is 40.4 Å². The van der Waals surface area contributed by atoms with E-state index in [4.69, 9.17) is 4.74 Å². The van der Waals surface area contributed by atoms with Crippen molar-refractivity contribution in [3.63, 3.8) is 0 Å². The predicted octanol–water partition coefficient (Wildman–Crippen LogP) is 6.97. The summed E-state index contributed by atoms with van der Waals surface area (Å²) < 4.78 is 19.4. The summed E-state index contributed by atoms with van der Waals surface area (Å²) in [5, 5.41) is 0. The van der Waals surface area contributed by atoms with Crippen molar-refractivity contribution in [3.8, 4) is 0 Å².